The van der Waals surface area contributed by atoms with Gasteiger partial charge in [-0.1, -0.05) is 30.3 Å². The molecule has 3 saturated carbocycles. The number of benzene rings is 1. The van der Waals surface area contributed by atoms with Crippen LogP contribution in [-0.4, -0.2) is 15.7 Å². The van der Waals surface area contributed by atoms with Crippen molar-refractivity contribution in [2.45, 2.75) is 44.2 Å². The van der Waals surface area contributed by atoms with E-state index >= 15 is 0 Å². The molecule has 2 aromatic rings. The maximum Gasteiger partial charge on any atom is 0.136 e. The quantitative estimate of drug-likeness (QED) is 0.693. The Labute approximate surface area is 143 Å². The summed E-state index contributed by atoms with van der Waals surface area (Å²) in [6.07, 6.45) is 3.95. The van der Waals surface area contributed by atoms with Crippen molar-refractivity contribution in [3.63, 3.8) is 0 Å². The highest BCUT2D eigenvalue weighted by Gasteiger charge is 2.58. The number of alkyl halides is 1. The summed E-state index contributed by atoms with van der Waals surface area (Å²) in [5, 5.41) is 0. The number of ether oxygens (including phenoxy) is 1. The van der Waals surface area contributed by atoms with Crippen molar-refractivity contribution in [1.29, 1.82) is 0 Å². The van der Waals surface area contributed by atoms with E-state index < -0.39 is 6.17 Å². The Kier molecular flexibility index (Phi) is 3.72. The molecule has 0 aliphatic heterocycles. The van der Waals surface area contributed by atoms with Gasteiger partial charge in [0.15, 0.2) is 0 Å². The molecular weight excluding hydrogens is 394 g/mol. The maximum atomic E-state index is 13.8. The Morgan fingerprint density at radius 1 is 1.23 bits per heavy atom. The van der Waals surface area contributed by atoms with E-state index in [0.717, 1.165) is 27.9 Å². The van der Waals surface area contributed by atoms with Crippen molar-refractivity contribution in [2.75, 3.05) is 0 Å². The number of fused-ring (bicyclic) bond motifs is 1. The number of halogens is 2. The van der Waals surface area contributed by atoms with Gasteiger partial charge in [-0.3, -0.25) is 0 Å². The first-order valence-electron chi connectivity index (χ1n) is 7.66. The van der Waals surface area contributed by atoms with E-state index in [1.54, 1.807) is 0 Å². The number of hydrogen-bond donors (Lipinski definition) is 0. The molecule has 3 aliphatic rings. The van der Waals surface area contributed by atoms with Gasteiger partial charge >= 0.3 is 0 Å². The second kappa shape index (κ2) is 5.60. The Hall–Kier alpha value is -0.950. The van der Waals surface area contributed by atoms with Gasteiger partial charge in [-0.2, -0.15) is 0 Å². The molecule has 1 atom stereocenters. The van der Waals surface area contributed by atoms with Crippen LogP contribution >= 0.6 is 22.6 Å². The van der Waals surface area contributed by atoms with Gasteiger partial charge in [0, 0.05) is 18.2 Å². The first-order chi connectivity index (χ1) is 10.7. The molecule has 0 amide bonds. The number of nitrogens with zero attached hydrogens (tertiary/aromatic N) is 2. The van der Waals surface area contributed by atoms with E-state index in [-0.39, 0.29) is 11.5 Å². The van der Waals surface area contributed by atoms with Gasteiger partial charge in [-0.05, 0) is 46.9 Å². The molecule has 0 N–H and O–H groups in total. The van der Waals surface area contributed by atoms with Gasteiger partial charge in [0.2, 0.25) is 0 Å². The maximum absolute atomic E-state index is 13.8. The number of aromatic nitrogens is 2. The van der Waals surface area contributed by atoms with Crippen LogP contribution in [0.1, 0.15) is 30.7 Å². The lowest BCUT2D eigenvalue weighted by atomic mass is 9.76. The Morgan fingerprint density at radius 3 is 2.68 bits per heavy atom. The van der Waals surface area contributed by atoms with Crippen LogP contribution in [0.25, 0.3) is 0 Å². The molecule has 1 aromatic heterocycles. The normalized spacial score (nSPS) is 29.5. The lowest BCUT2D eigenvalue weighted by molar-refractivity contribution is 0.0826. The average Bonchev–Trinajstić information content (AvgIpc) is 3.10. The largest absolute Gasteiger partial charge is 0.369 e. The summed E-state index contributed by atoms with van der Waals surface area (Å²) < 4.78 is 22.8. The summed E-state index contributed by atoms with van der Waals surface area (Å²) in [4.78, 5) is 4.58. The molecule has 5 heteroatoms. The van der Waals surface area contributed by atoms with Crippen LogP contribution in [0.2, 0.25) is 0 Å². The Morgan fingerprint density at radius 2 is 2.00 bits per heavy atom. The van der Waals surface area contributed by atoms with Crippen LogP contribution in [0.4, 0.5) is 4.39 Å². The van der Waals surface area contributed by atoms with E-state index in [0.29, 0.717) is 19.6 Å². The zero-order valence-corrected chi connectivity index (χ0v) is 14.4. The molecular formula is C17H18FIN2O. The third-order valence-corrected chi connectivity index (χ3v) is 5.49. The minimum absolute atomic E-state index is 0.0358. The van der Waals surface area contributed by atoms with Crippen LogP contribution < -0.4 is 0 Å². The van der Waals surface area contributed by atoms with E-state index in [9.17, 15) is 4.39 Å². The van der Waals surface area contributed by atoms with E-state index in [1.807, 2.05) is 18.2 Å². The molecule has 5 rings (SSSR count). The third kappa shape index (κ3) is 2.48. The molecule has 0 spiro atoms. The Bertz CT molecular complexity index is 667. The number of imidazole rings is 1. The molecule has 0 radical (unpaired) electrons. The van der Waals surface area contributed by atoms with Gasteiger partial charge in [0.05, 0.1) is 6.61 Å². The first-order valence-corrected chi connectivity index (χ1v) is 8.74. The zero-order valence-electron chi connectivity index (χ0n) is 12.2. The van der Waals surface area contributed by atoms with Crippen molar-refractivity contribution in [3.8, 4) is 0 Å². The second-order valence-corrected chi connectivity index (χ2v) is 7.55. The highest BCUT2D eigenvalue weighted by atomic mass is 127. The Balaban J connectivity index is 1.46. The fourth-order valence-corrected chi connectivity index (χ4v) is 4.45. The van der Waals surface area contributed by atoms with Crippen LogP contribution in [0.15, 0.2) is 36.5 Å². The fraction of sp³-hybridized carbons (Fsp3) is 0.471. The molecule has 1 heterocycles. The minimum Gasteiger partial charge on any atom is -0.369 e. The van der Waals surface area contributed by atoms with Crippen LogP contribution in [0.5, 0.6) is 0 Å². The van der Waals surface area contributed by atoms with Gasteiger partial charge in [-0.25, -0.2) is 9.37 Å². The van der Waals surface area contributed by atoms with E-state index in [1.165, 1.54) is 0 Å². The van der Waals surface area contributed by atoms with E-state index in [4.69, 9.17) is 4.74 Å². The molecule has 3 nitrogen and oxygen atoms in total. The summed E-state index contributed by atoms with van der Waals surface area (Å²) in [7, 11) is 0. The molecule has 1 unspecified atom stereocenters. The van der Waals surface area contributed by atoms with Gasteiger partial charge in [0.1, 0.15) is 22.3 Å². The molecule has 3 aliphatic carbocycles. The van der Waals surface area contributed by atoms with Gasteiger partial charge in [-0.15, -0.1) is 0 Å². The first kappa shape index (κ1) is 14.6. The zero-order chi connectivity index (χ0) is 15.2. The summed E-state index contributed by atoms with van der Waals surface area (Å²) in [6.45, 7) is 1.05. The van der Waals surface area contributed by atoms with Crippen molar-refractivity contribution in [1.82, 2.24) is 9.55 Å². The molecule has 0 saturated heterocycles. The van der Waals surface area contributed by atoms with Crippen molar-refractivity contribution >= 4 is 22.6 Å². The molecule has 1 aromatic carbocycles. The van der Waals surface area contributed by atoms with Crippen molar-refractivity contribution in [2.24, 2.45) is 5.92 Å². The van der Waals surface area contributed by atoms with Crippen LogP contribution in [-0.2, 0) is 23.5 Å². The predicted octanol–water partition coefficient (Wildman–Crippen LogP) is 4.05. The van der Waals surface area contributed by atoms with Gasteiger partial charge < -0.3 is 9.30 Å². The summed E-state index contributed by atoms with van der Waals surface area (Å²) >= 11 is 2.22. The molecule has 3 fully saturated rings. The second-order valence-electron chi connectivity index (χ2n) is 6.44. The molecule has 2 bridgehead atoms. The highest BCUT2D eigenvalue weighted by molar-refractivity contribution is 14.1. The fourth-order valence-electron chi connectivity index (χ4n) is 3.90. The molecule has 22 heavy (non-hydrogen) atoms. The molecule has 116 valence electrons. The lowest BCUT2D eigenvalue weighted by Crippen LogP contribution is -2.39. The summed E-state index contributed by atoms with van der Waals surface area (Å²) in [5.41, 5.74) is 1.12. The third-order valence-electron chi connectivity index (χ3n) is 4.97. The standard InChI is InChI=1S/C17H18FIN2O/c18-14-8-17(6-13(14)7-17)21-9-15(19)20-16(21)11-22-10-12-4-2-1-3-5-12/h1-5,9,13-14H,6-8,10-11H2. The monoisotopic (exact) mass is 412 g/mol. The van der Waals surface area contributed by atoms with Crippen LogP contribution in [0, 0.1) is 9.62 Å². The van der Waals surface area contributed by atoms with Gasteiger partial charge in [0.25, 0.3) is 0 Å². The SMILES string of the molecule is FC1CC2(n3cc(I)nc3COCc3ccccc3)CC1C2. The number of rotatable bonds is 5. The van der Waals surface area contributed by atoms with Crippen LogP contribution in [0.3, 0.4) is 0 Å². The predicted molar refractivity (Wildman–Crippen MR) is 90.1 cm³/mol. The lowest BCUT2D eigenvalue weighted by Gasteiger charge is -2.40. The number of hydrogen-bond acceptors (Lipinski definition) is 2. The summed E-state index contributed by atoms with van der Waals surface area (Å²) in [5.74, 6) is 1.19. The minimum atomic E-state index is -0.641. The topological polar surface area (TPSA) is 27.1 Å². The smallest absolute Gasteiger partial charge is 0.136 e. The highest BCUT2D eigenvalue weighted by Crippen LogP contribution is 2.58. The van der Waals surface area contributed by atoms with Crippen molar-refractivity contribution < 1.29 is 9.13 Å². The average molecular weight is 412 g/mol. The summed E-state index contributed by atoms with van der Waals surface area (Å²) in [6, 6.07) is 10.1. The van der Waals surface area contributed by atoms with Crippen molar-refractivity contribution in [3.05, 3.63) is 51.6 Å². The van der Waals surface area contributed by atoms with E-state index in [2.05, 4.69) is 50.5 Å².